The number of benzene rings is 2. The minimum atomic E-state index is -0.307. The van der Waals surface area contributed by atoms with Gasteiger partial charge >= 0.3 is 0 Å². The molecule has 4 rings (SSSR count). The number of hydrogen-bond acceptors (Lipinski definition) is 0. The molecule has 134 valence electrons. The lowest BCUT2D eigenvalue weighted by Crippen LogP contribution is -2.28. The molecule has 1 nitrogen and oxygen atoms in total. The Kier molecular flexibility index (Phi) is 4.68. The molecule has 27 heavy (non-hydrogen) atoms. The van der Waals surface area contributed by atoms with Crippen molar-refractivity contribution in [2.24, 2.45) is 0 Å². The molecule has 0 amide bonds. The fraction of sp³-hybridized carbons (Fsp3) is 0.154. The van der Waals surface area contributed by atoms with Crippen molar-refractivity contribution >= 4 is 0 Å². The highest BCUT2D eigenvalue weighted by molar-refractivity contribution is 5.86. The number of aromatic nitrogens is 1. The number of H-pyrrole nitrogens is 1. The predicted molar refractivity (Wildman–Crippen MR) is 115 cm³/mol. The summed E-state index contributed by atoms with van der Waals surface area (Å²) in [4.78, 5) is 3.29. The molecule has 0 radical (unpaired) electrons. The quantitative estimate of drug-likeness (QED) is 0.487. The summed E-state index contributed by atoms with van der Waals surface area (Å²) in [6.45, 7) is 4.25. The van der Waals surface area contributed by atoms with Crippen LogP contribution in [-0.4, -0.2) is 4.98 Å². The zero-order valence-corrected chi connectivity index (χ0v) is 15.9. The number of fused-ring (bicyclic) bond motifs is 3. The number of allylic oxidation sites excluding steroid dienone is 6. The first-order valence-electron chi connectivity index (χ1n) is 9.66. The normalized spacial score (nSPS) is 15.4. The smallest absolute Gasteiger partial charge is 0.0728 e. The van der Waals surface area contributed by atoms with Crippen molar-refractivity contribution in [1.82, 2.24) is 4.98 Å². The summed E-state index contributed by atoms with van der Waals surface area (Å²) in [5, 5.41) is 0. The van der Waals surface area contributed by atoms with E-state index in [2.05, 4.69) is 110 Å². The average molecular weight is 351 g/mol. The Morgan fingerprint density at radius 1 is 0.963 bits per heavy atom. The number of hydrogen-bond donors (Lipinski definition) is 1. The number of nitrogens with one attached hydrogen (secondary N) is 1. The molecule has 0 unspecified atom stereocenters. The van der Waals surface area contributed by atoms with Crippen LogP contribution in [0.3, 0.4) is 0 Å². The van der Waals surface area contributed by atoms with E-state index in [0.717, 1.165) is 6.42 Å². The van der Waals surface area contributed by atoms with Gasteiger partial charge in [-0.05, 0) is 52.8 Å². The third-order valence-corrected chi connectivity index (χ3v) is 5.42. The maximum atomic E-state index is 3.29. The third kappa shape index (κ3) is 2.62. The minimum absolute atomic E-state index is 0.307. The molecule has 0 saturated carbocycles. The van der Waals surface area contributed by atoms with Gasteiger partial charge < -0.3 is 4.98 Å². The topological polar surface area (TPSA) is 15.8 Å². The van der Waals surface area contributed by atoms with Crippen molar-refractivity contribution in [3.63, 3.8) is 0 Å². The first-order valence-corrected chi connectivity index (χ1v) is 9.66. The Balaban J connectivity index is 2.14. The average Bonchev–Trinajstić information content (AvgIpc) is 3.34. The first-order chi connectivity index (χ1) is 13.3. The molecule has 1 aliphatic rings. The Labute approximate surface area is 161 Å². The molecule has 0 aliphatic heterocycles. The summed E-state index contributed by atoms with van der Waals surface area (Å²) < 4.78 is 0. The Morgan fingerprint density at radius 3 is 2.19 bits per heavy atom. The van der Waals surface area contributed by atoms with E-state index >= 15 is 0 Å². The van der Waals surface area contributed by atoms with E-state index in [1.54, 1.807) is 0 Å². The summed E-state index contributed by atoms with van der Waals surface area (Å²) in [5.74, 6) is 0. The van der Waals surface area contributed by atoms with Crippen molar-refractivity contribution in [3.05, 3.63) is 120 Å². The maximum Gasteiger partial charge on any atom is 0.0728 e. The number of rotatable bonds is 5. The lowest BCUT2D eigenvalue weighted by molar-refractivity contribution is 0.767. The van der Waals surface area contributed by atoms with Gasteiger partial charge in [-0.1, -0.05) is 85.8 Å². The van der Waals surface area contributed by atoms with E-state index in [1.165, 1.54) is 33.4 Å². The van der Waals surface area contributed by atoms with E-state index in [9.17, 15) is 0 Å². The zero-order chi connectivity index (χ0) is 18.7. The van der Waals surface area contributed by atoms with Crippen LogP contribution in [-0.2, 0) is 5.41 Å². The van der Waals surface area contributed by atoms with E-state index < -0.39 is 0 Å². The molecule has 1 aromatic heterocycles. The Morgan fingerprint density at radius 2 is 1.63 bits per heavy atom. The van der Waals surface area contributed by atoms with Crippen LogP contribution in [0.1, 0.15) is 37.0 Å². The summed E-state index contributed by atoms with van der Waals surface area (Å²) in [7, 11) is 0. The largest absolute Gasteiger partial charge is 0.367 e. The molecule has 1 aliphatic carbocycles. The highest BCUT2D eigenvalue weighted by atomic mass is 14.6. The maximum absolute atomic E-state index is 3.29. The molecule has 0 bridgehead atoms. The molecule has 3 aromatic rings. The van der Waals surface area contributed by atoms with Gasteiger partial charge in [0.2, 0.25) is 0 Å². The van der Waals surface area contributed by atoms with Crippen LogP contribution >= 0.6 is 0 Å². The summed E-state index contributed by atoms with van der Waals surface area (Å²) in [5.41, 5.74) is 7.61. The monoisotopic (exact) mass is 351 g/mol. The second-order valence-electron chi connectivity index (χ2n) is 6.90. The van der Waals surface area contributed by atoms with Gasteiger partial charge in [0.05, 0.1) is 5.41 Å². The summed E-state index contributed by atoms with van der Waals surface area (Å²) >= 11 is 0. The molecule has 2 aromatic carbocycles. The van der Waals surface area contributed by atoms with Crippen LogP contribution < -0.4 is 0 Å². The molecular weight excluding hydrogens is 326 g/mol. The molecule has 0 saturated heterocycles. The number of aromatic amines is 1. The van der Waals surface area contributed by atoms with Crippen molar-refractivity contribution in [3.8, 4) is 11.1 Å². The standard InChI is InChI=1S/C26H25N/c1-3-5-11-20(12-6-4-2)26(21-17-18-27-19-21)24-15-9-7-13-22(24)23-14-8-10-16-25(23)26/h3,5-19,27H,4H2,1-2H3/b5-3-,12-6-,20-11+. The van der Waals surface area contributed by atoms with E-state index in [4.69, 9.17) is 0 Å². The van der Waals surface area contributed by atoms with Crippen molar-refractivity contribution in [2.75, 3.05) is 0 Å². The van der Waals surface area contributed by atoms with Crippen LogP contribution in [0.15, 0.2) is 103 Å². The molecule has 1 heterocycles. The second kappa shape index (κ2) is 7.28. The van der Waals surface area contributed by atoms with Crippen LogP contribution in [0.5, 0.6) is 0 Å². The molecule has 0 atom stereocenters. The molecular formula is C26H25N. The molecule has 0 fully saturated rings. The van der Waals surface area contributed by atoms with E-state index in [-0.39, 0.29) is 5.41 Å². The van der Waals surface area contributed by atoms with Crippen molar-refractivity contribution in [2.45, 2.75) is 25.7 Å². The van der Waals surface area contributed by atoms with E-state index in [0.29, 0.717) is 0 Å². The van der Waals surface area contributed by atoms with Gasteiger partial charge in [0.25, 0.3) is 0 Å². The first kappa shape index (κ1) is 17.4. The highest BCUT2D eigenvalue weighted by Gasteiger charge is 2.46. The third-order valence-electron chi connectivity index (χ3n) is 5.42. The van der Waals surface area contributed by atoms with Crippen LogP contribution in [0.4, 0.5) is 0 Å². The van der Waals surface area contributed by atoms with Gasteiger partial charge in [-0.3, -0.25) is 0 Å². The van der Waals surface area contributed by atoms with Crippen molar-refractivity contribution < 1.29 is 0 Å². The van der Waals surface area contributed by atoms with Crippen LogP contribution in [0.25, 0.3) is 11.1 Å². The van der Waals surface area contributed by atoms with Gasteiger partial charge in [0.1, 0.15) is 0 Å². The van der Waals surface area contributed by atoms with Gasteiger partial charge in [-0.15, -0.1) is 0 Å². The molecule has 0 spiro atoms. The SMILES string of the molecule is C\C=C/C=C(\C=C/CC)C1(c2cc[nH]c2)c2ccccc2-c2ccccc21. The summed E-state index contributed by atoms with van der Waals surface area (Å²) in [6.07, 6.45) is 16.2. The molecule has 1 heteroatoms. The Hall–Kier alpha value is -3.06. The van der Waals surface area contributed by atoms with Crippen LogP contribution in [0.2, 0.25) is 0 Å². The van der Waals surface area contributed by atoms with Gasteiger partial charge in [-0.25, -0.2) is 0 Å². The minimum Gasteiger partial charge on any atom is -0.367 e. The van der Waals surface area contributed by atoms with Gasteiger partial charge in [0.15, 0.2) is 0 Å². The van der Waals surface area contributed by atoms with Gasteiger partial charge in [-0.2, -0.15) is 0 Å². The highest BCUT2D eigenvalue weighted by Crippen LogP contribution is 2.56. The van der Waals surface area contributed by atoms with E-state index in [1.807, 2.05) is 6.20 Å². The lowest BCUT2D eigenvalue weighted by Gasteiger charge is -2.33. The predicted octanol–water partition coefficient (Wildman–Crippen LogP) is 6.80. The van der Waals surface area contributed by atoms with Gasteiger partial charge in [0, 0.05) is 12.4 Å². The zero-order valence-electron chi connectivity index (χ0n) is 15.9. The summed E-state index contributed by atoms with van der Waals surface area (Å²) in [6, 6.07) is 19.9. The fourth-order valence-electron chi connectivity index (χ4n) is 4.33. The fourth-order valence-corrected chi connectivity index (χ4v) is 4.33. The Bertz CT molecular complexity index is 970. The molecule has 1 N–H and O–H groups in total. The lowest BCUT2D eigenvalue weighted by atomic mass is 9.67. The van der Waals surface area contributed by atoms with Crippen molar-refractivity contribution in [1.29, 1.82) is 0 Å². The van der Waals surface area contributed by atoms with Crippen LogP contribution in [0, 0.1) is 0 Å². The second-order valence-corrected chi connectivity index (χ2v) is 6.90.